The smallest absolute Gasteiger partial charge is 0.308 e. The van der Waals surface area contributed by atoms with E-state index in [4.69, 9.17) is 4.74 Å². The number of carbonyl (C=O) groups is 2. The molecule has 3 N–H and O–H groups in total. The summed E-state index contributed by atoms with van der Waals surface area (Å²) in [5.41, 5.74) is -0.553. The van der Waals surface area contributed by atoms with Gasteiger partial charge in [0.05, 0.1) is 12.0 Å². The molecule has 0 aromatic heterocycles. The molecule has 218 valence electrons. The van der Waals surface area contributed by atoms with Gasteiger partial charge in [-0.05, 0) is 99.5 Å². The Kier molecular flexibility index (Phi) is 8.33. The number of ether oxygens (including phenoxy) is 1. The largest absolute Gasteiger partial charge is 0.504 e. The van der Waals surface area contributed by atoms with Gasteiger partial charge in [0.25, 0.3) is 0 Å². The first kappa shape index (κ1) is 30.0. The summed E-state index contributed by atoms with van der Waals surface area (Å²) in [4.78, 5) is 26.2. The predicted octanol–water partition coefficient (Wildman–Crippen LogP) is 6.08. The van der Waals surface area contributed by atoms with Crippen molar-refractivity contribution in [3.8, 4) is 0 Å². The molecule has 6 heteroatoms. The minimum absolute atomic E-state index is 0.00966. The Hall–Kier alpha value is -1.92. The Balaban J connectivity index is 1.57. The van der Waals surface area contributed by atoms with Gasteiger partial charge in [0.15, 0.2) is 11.4 Å². The minimum atomic E-state index is -1.78. The van der Waals surface area contributed by atoms with E-state index in [2.05, 4.69) is 47.3 Å². The van der Waals surface area contributed by atoms with Gasteiger partial charge < -0.3 is 20.1 Å². The van der Waals surface area contributed by atoms with Crippen LogP contribution in [0.4, 0.5) is 0 Å². The van der Waals surface area contributed by atoms with Crippen molar-refractivity contribution in [2.75, 3.05) is 0 Å². The van der Waals surface area contributed by atoms with Crippen LogP contribution in [0.2, 0.25) is 0 Å². The van der Waals surface area contributed by atoms with Gasteiger partial charge >= 0.3 is 5.97 Å². The number of allylic oxidation sites excluding steroid dienone is 2. The van der Waals surface area contributed by atoms with Gasteiger partial charge in [-0.2, -0.15) is 0 Å². The molecule has 0 radical (unpaired) electrons. The number of Topliss-reactive ketones (excluding diaryl/α,β-unsaturated/α-hetero) is 1. The van der Waals surface area contributed by atoms with Gasteiger partial charge in [0.1, 0.15) is 6.10 Å². The number of rotatable bonds is 7. The molecule has 39 heavy (non-hydrogen) atoms. The molecule has 0 heterocycles. The maximum atomic E-state index is 13.2. The van der Waals surface area contributed by atoms with Gasteiger partial charge in [-0.1, -0.05) is 52.3 Å². The second kappa shape index (κ2) is 10.8. The van der Waals surface area contributed by atoms with E-state index in [1.54, 1.807) is 13.8 Å². The number of aliphatic hydroxyl groups excluding tert-OH is 1. The molecule has 0 aromatic carbocycles. The number of ketones is 1. The summed E-state index contributed by atoms with van der Waals surface area (Å²) in [6.07, 6.45) is 6.37. The lowest BCUT2D eigenvalue weighted by Gasteiger charge is -2.47. The normalized spacial score (nSPS) is 40.2. The molecule has 6 nitrogen and oxygen atoms in total. The molecule has 2 saturated carbocycles. The van der Waals surface area contributed by atoms with Crippen molar-refractivity contribution in [3.05, 3.63) is 35.1 Å². The van der Waals surface area contributed by atoms with Gasteiger partial charge in [-0.25, -0.2) is 0 Å². The first-order valence-electron chi connectivity index (χ1n) is 15.1. The molecule has 0 saturated heterocycles. The number of esters is 1. The van der Waals surface area contributed by atoms with Crippen molar-refractivity contribution in [2.24, 2.45) is 47.3 Å². The van der Waals surface area contributed by atoms with Gasteiger partial charge in [0.2, 0.25) is 5.78 Å². The summed E-state index contributed by atoms with van der Waals surface area (Å²) < 4.78 is 6.14. The molecule has 0 amide bonds. The van der Waals surface area contributed by atoms with Gasteiger partial charge in [-0.15, -0.1) is 0 Å². The van der Waals surface area contributed by atoms with E-state index in [0.29, 0.717) is 35.8 Å². The highest BCUT2D eigenvalue weighted by atomic mass is 16.5. The topological polar surface area (TPSA) is 104 Å². The lowest BCUT2D eigenvalue weighted by Crippen LogP contribution is -2.49. The number of carbonyl (C=O) groups excluding carboxylic acids is 2. The summed E-state index contributed by atoms with van der Waals surface area (Å²) in [6.45, 7) is 18.4. The first-order chi connectivity index (χ1) is 18.1. The molecular formula is C33H50O6. The zero-order valence-electron chi connectivity index (χ0n) is 25.0. The van der Waals surface area contributed by atoms with Crippen LogP contribution in [0, 0.1) is 47.3 Å². The average molecular weight is 543 g/mol. The highest BCUT2D eigenvalue weighted by molar-refractivity contribution is 6.06. The summed E-state index contributed by atoms with van der Waals surface area (Å²) in [6, 6.07) is 0. The summed E-state index contributed by atoms with van der Waals surface area (Å²) in [7, 11) is 0. The van der Waals surface area contributed by atoms with Crippen LogP contribution in [-0.2, 0) is 14.3 Å². The highest BCUT2D eigenvalue weighted by Gasteiger charge is 2.59. The fourth-order valence-corrected chi connectivity index (χ4v) is 8.67. The number of aliphatic hydroxyl groups is 3. The zero-order valence-corrected chi connectivity index (χ0v) is 25.0. The molecule has 4 aliphatic carbocycles. The lowest BCUT2D eigenvalue weighted by atomic mass is 9.58. The standard InChI is InChI=1S/C33H50O6/c1-9-18(4)15-32(8,37)16-28(34)39-27-13-22-12-23-19(5)10-11-26-20(6)30(35)31(36)33(26,38)21(7)24(23)14-25(22)29(27)17(2)3/h10,17-18,22-27,29,35,37-38H,7,9,11-16H2,1-6,8H3/b19-10-/t18?,22-,23+,24+,25+,26-,27+,29+,32?,33+/m1/s1. The van der Waals surface area contributed by atoms with Crippen molar-refractivity contribution >= 4 is 11.8 Å². The lowest BCUT2D eigenvalue weighted by molar-refractivity contribution is -0.157. The Bertz CT molecular complexity index is 1070. The van der Waals surface area contributed by atoms with Crippen LogP contribution in [0.25, 0.3) is 0 Å². The first-order valence-corrected chi connectivity index (χ1v) is 15.1. The van der Waals surface area contributed by atoms with Crippen LogP contribution < -0.4 is 0 Å². The minimum Gasteiger partial charge on any atom is -0.504 e. The number of hydrogen-bond acceptors (Lipinski definition) is 6. The third kappa shape index (κ3) is 5.28. The van der Waals surface area contributed by atoms with E-state index < -0.39 is 22.9 Å². The van der Waals surface area contributed by atoms with Crippen molar-refractivity contribution in [1.29, 1.82) is 0 Å². The number of hydrogen-bond donors (Lipinski definition) is 3. The summed E-state index contributed by atoms with van der Waals surface area (Å²) >= 11 is 0. The molecule has 4 aliphatic rings. The Morgan fingerprint density at radius 3 is 2.49 bits per heavy atom. The van der Waals surface area contributed by atoms with Crippen molar-refractivity contribution in [2.45, 2.75) is 111 Å². The SMILES string of the molecule is C=C1[C@@H]2C[C@H]3[C@@H](C[C@H](OC(=O)CC(C)(O)CC(C)CC)[C@H]3C(C)C)C[C@H]2/C(C)=C\C[C@@H]2C(C)=C(O)C(=O)[C@]12O. The van der Waals surface area contributed by atoms with Gasteiger partial charge in [-0.3, -0.25) is 9.59 Å². The molecule has 2 fully saturated rings. The van der Waals surface area contributed by atoms with Crippen LogP contribution in [0.1, 0.15) is 93.4 Å². The van der Waals surface area contributed by atoms with Crippen molar-refractivity contribution in [1.82, 2.24) is 0 Å². The Morgan fingerprint density at radius 2 is 1.87 bits per heavy atom. The van der Waals surface area contributed by atoms with Crippen LogP contribution in [0.15, 0.2) is 35.1 Å². The molecule has 0 aromatic rings. The van der Waals surface area contributed by atoms with E-state index in [0.717, 1.165) is 25.7 Å². The molecule has 10 atom stereocenters. The molecule has 4 rings (SSSR count). The quantitative estimate of drug-likeness (QED) is 0.266. The molecule has 2 unspecified atom stereocenters. The number of fused-ring (bicyclic) bond motifs is 3. The molecule has 0 bridgehead atoms. The summed E-state index contributed by atoms with van der Waals surface area (Å²) in [5.74, 6) is -0.310. The van der Waals surface area contributed by atoms with Crippen LogP contribution in [0.5, 0.6) is 0 Å². The van der Waals surface area contributed by atoms with Crippen molar-refractivity contribution < 1.29 is 29.6 Å². The molecule has 0 aliphatic heterocycles. The van der Waals surface area contributed by atoms with Crippen LogP contribution in [0.3, 0.4) is 0 Å². The van der Waals surface area contributed by atoms with E-state index >= 15 is 0 Å². The Morgan fingerprint density at radius 1 is 1.21 bits per heavy atom. The third-order valence-electron chi connectivity index (χ3n) is 10.9. The summed E-state index contributed by atoms with van der Waals surface area (Å²) in [5, 5.41) is 33.2. The van der Waals surface area contributed by atoms with E-state index in [-0.39, 0.29) is 53.8 Å². The van der Waals surface area contributed by atoms with Gasteiger partial charge in [0, 0.05) is 11.8 Å². The van der Waals surface area contributed by atoms with Crippen molar-refractivity contribution in [3.63, 3.8) is 0 Å². The third-order valence-corrected chi connectivity index (χ3v) is 10.9. The second-order valence-corrected chi connectivity index (χ2v) is 14.0. The van der Waals surface area contributed by atoms with E-state index in [1.165, 1.54) is 5.57 Å². The average Bonchev–Trinajstić information content (AvgIpc) is 3.28. The molecular weight excluding hydrogens is 492 g/mol. The zero-order chi connectivity index (χ0) is 29.0. The van der Waals surface area contributed by atoms with E-state index in [1.807, 2.05) is 0 Å². The second-order valence-electron chi connectivity index (χ2n) is 14.0. The maximum absolute atomic E-state index is 13.2. The monoisotopic (exact) mass is 542 g/mol. The van der Waals surface area contributed by atoms with E-state index in [9.17, 15) is 24.9 Å². The fraction of sp³-hybridized carbons (Fsp3) is 0.758. The highest BCUT2D eigenvalue weighted by Crippen LogP contribution is 2.59. The molecule has 0 spiro atoms. The Labute approximate surface area is 234 Å². The van der Waals surface area contributed by atoms with Crippen LogP contribution >= 0.6 is 0 Å². The fourth-order valence-electron chi connectivity index (χ4n) is 8.67. The van der Waals surface area contributed by atoms with Crippen LogP contribution in [-0.4, -0.2) is 44.4 Å². The predicted molar refractivity (Wildman–Crippen MR) is 152 cm³/mol. The maximum Gasteiger partial charge on any atom is 0.308 e.